The van der Waals surface area contributed by atoms with Crippen LogP contribution in [0.4, 0.5) is 0 Å². The highest BCUT2D eigenvalue weighted by molar-refractivity contribution is 14.1. The quantitative estimate of drug-likeness (QED) is 0.838. The van der Waals surface area contributed by atoms with E-state index in [4.69, 9.17) is 4.42 Å². The molecule has 2 rings (SSSR count). The van der Waals surface area contributed by atoms with Crippen LogP contribution in [0.5, 0.6) is 0 Å². The third kappa shape index (κ3) is 3.85. The molecule has 0 bridgehead atoms. The Kier molecular flexibility index (Phi) is 4.62. The Balaban J connectivity index is 1.81. The molecule has 1 aromatic heterocycles. The van der Waals surface area contributed by atoms with Gasteiger partial charge in [0.05, 0.1) is 6.26 Å². The monoisotopic (exact) mass is 341 g/mol. The van der Waals surface area contributed by atoms with Gasteiger partial charge in [-0.05, 0) is 59.3 Å². The summed E-state index contributed by atoms with van der Waals surface area (Å²) in [5.74, 6) is 1.03. The van der Waals surface area contributed by atoms with Gasteiger partial charge in [-0.3, -0.25) is 0 Å². The predicted octanol–water partition coefficient (Wildman–Crippen LogP) is 3.78. The van der Waals surface area contributed by atoms with Gasteiger partial charge >= 0.3 is 0 Å². The Morgan fingerprint density at radius 3 is 2.65 bits per heavy atom. The fourth-order valence-electron chi connectivity index (χ4n) is 1.74. The Labute approximate surface area is 116 Å². The van der Waals surface area contributed by atoms with Crippen LogP contribution >= 0.6 is 22.6 Å². The number of rotatable bonds is 5. The lowest BCUT2D eigenvalue weighted by Crippen LogP contribution is -2.21. The minimum Gasteiger partial charge on any atom is -0.469 e. The zero-order valence-electron chi connectivity index (χ0n) is 9.82. The third-order valence-corrected chi connectivity index (χ3v) is 3.49. The summed E-state index contributed by atoms with van der Waals surface area (Å²) in [6.07, 6.45) is 2.65. The van der Waals surface area contributed by atoms with Crippen molar-refractivity contribution in [1.29, 1.82) is 0 Å². The van der Waals surface area contributed by atoms with E-state index in [1.807, 2.05) is 12.1 Å². The second-order valence-corrected chi connectivity index (χ2v) is 5.30. The van der Waals surface area contributed by atoms with E-state index < -0.39 is 0 Å². The van der Waals surface area contributed by atoms with Crippen LogP contribution in [0, 0.1) is 3.57 Å². The Bertz CT molecular complexity index is 436. The molecule has 1 aromatic carbocycles. The summed E-state index contributed by atoms with van der Waals surface area (Å²) in [6, 6.07) is 12.9. The highest BCUT2D eigenvalue weighted by Gasteiger charge is 2.04. The van der Waals surface area contributed by atoms with E-state index in [0.717, 1.165) is 18.7 Å². The molecule has 1 unspecified atom stereocenters. The molecule has 0 saturated heterocycles. The molecule has 2 nitrogen and oxygen atoms in total. The Morgan fingerprint density at radius 2 is 2.00 bits per heavy atom. The number of halogens is 1. The van der Waals surface area contributed by atoms with Crippen molar-refractivity contribution in [2.75, 3.05) is 6.54 Å². The highest BCUT2D eigenvalue weighted by Crippen LogP contribution is 2.14. The number of benzene rings is 1. The van der Waals surface area contributed by atoms with Gasteiger partial charge in [-0.15, -0.1) is 0 Å². The van der Waals surface area contributed by atoms with E-state index in [1.54, 1.807) is 6.26 Å². The van der Waals surface area contributed by atoms with E-state index in [9.17, 15) is 0 Å². The van der Waals surface area contributed by atoms with Gasteiger partial charge in [-0.1, -0.05) is 12.1 Å². The average molecular weight is 341 g/mol. The first kappa shape index (κ1) is 12.6. The van der Waals surface area contributed by atoms with E-state index in [-0.39, 0.29) is 0 Å². The summed E-state index contributed by atoms with van der Waals surface area (Å²) in [5, 5.41) is 3.49. The molecule has 17 heavy (non-hydrogen) atoms. The van der Waals surface area contributed by atoms with Crippen LogP contribution in [0.1, 0.15) is 24.3 Å². The summed E-state index contributed by atoms with van der Waals surface area (Å²) < 4.78 is 6.57. The molecule has 0 spiro atoms. The maximum absolute atomic E-state index is 5.30. The lowest BCUT2D eigenvalue weighted by Gasteiger charge is -2.13. The van der Waals surface area contributed by atoms with Crippen molar-refractivity contribution in [2.45, 2.75) is 19.4 Å². The number of hydrogen-bond donors (Lipinski definition) is 1. The Morgan fingerprint density at radius 1 is 1.24 bits per heavy atom. The molecule has 1 heterocycles. The van der Waals surface area contributed by atoms with E-state index >= 15 is 0 Å². The molecule has 0 aliphatic heterocycles. The maximum atomic E-state index is 5.30. The summed E-state index contributed by atoms with van der Waals surface area (Å²) in [6.45, 7) is 3.12. The molecule has 0 saturated carbocycles. The third-order valence-electron chi connectivity index (χ3n) is 2.77. The molecule has 0 fully saturated rings. The van der Waals surface area contributed by atoms with Crippen molar-refractivity contribution in [2.24, 2.45) is 0 Å². The molecule has 1 N–H and O–H groups in total. The lowest BCUT2D eigenvalue weighted by atomic mass is 10.1. The molecule has 0 aliphatic rings. The Hall–Kier alpha value is -0.810. The maximum Gasteiger partial charge on any atom is 0.105 e. The van der Waals surface area contributed by atoms with Crippen molar-refractivity contribution in [3.8, 4) is 0 Å². The fourth-order valence-corrected chi connectivity index (χ4v) is 2.10. The topological polar surface area (TPSA) is 25.2 Å². The van der Waals surface area contributed by atoms with Crippen LogP contribution in [0.15, 0.2) is 47.1 Å². The number of furan rings is 1. The number of nitrogens with one attached hydrogen (secondary N) is 1. The number of hydrogen-bond acceptors (Lipinski definition) is 2. The zero-order valence-corrected chi connectivity index (χ0v) is 12.0. The van der Waals surface area contributed by atoms with Gasteiger partial charge in [-0.25, -0.2) is 0 Å². The predicted molar refractivity (Wildman–Crippen MR) is 78.0 cm³/mol. The molecule has 3 heteroatoms. The first-order chi connectivity index (χ1) is 8.25. The molecule has 1 atom stereocenters. The summed E-state index contributed by atoms with van der Waals surface area (Å²) in [4.78, 5) is 0. The first-order valence-corrected chi connectivity index (χ1v) is 6.85. The van der Waals surface area contributed by atoms with Crippen LogP contribution in [-0.4, -0.2) is 6.54 Å². The molecule has 0 radical (unpaired) electrons. The van der Waals surface area contributed by atoms with E-state index in [1.165, 1.54) is 9.13 Å². The smallest absolute Gasteiger partial charge is 0.105 e. The molecule has 0 aliphatic carbocycles. The van der Waals surface area contributed by atoms with Crippen molar-refractivity contribution in [1.82, 2.24) is 5.32 Å². The second kappa shape index (κ2) is 6.21. The summed E-state index contributed by atoms with van der Waals surface area (Å²) in [5.41, 5.74) is 1.32. The minimum absolute atomic E-state index is 0.377. The highest BCUT2D eigenvalue weighted by atomic mass is 127. The lowest BCUT2D eigenvalue weighted by molar-refractivity contribution is 0.486. The van der Waals surface area contributed by atoms with Gasteiger partial charge in [0.2, 0.25) is 0 Å². The van der Waals surface area contributed by atoms with Gasteiger partial charge in [0.1, 0.15) is 5.76 Å². The van der Waals surface area contributed by atoms with Crippen LogP contribution in [0.3, 0.4) is 0 Å². The van der Waals surface area contributed by atoms with E-state index in [0.29, 0.717) is 6.04 Å². The summed E-state index contributed by atoms with van der Waals surface area (Å²) >= 11 is 2.32. The molecule has 0 amide bonds. The van der Waals surface area contributed by atoms with Gasteiger partial charge in [-0.2, -0.15) is 0 Å². The fraction of sp³-hybridized carbons (Fsp3) is 0.286. The second-order valence-electron chi connectivity index (χ2n) is 4.06. The SMILES string of the molecule is CC(NCCc1ccco1)c1ccc(I)cc1. The van der Waals surface area contributed by atoms with Crippen LogP contribution in [0.2, 0.25) is 0 Å². The van der Waals surface area contributed by atoms with E-state index in [2.05, 4.69) is 59.1 Å². The molecule has 90 valence electrons. The first-order valence-electron chi connectivity index (χ1n) is 5.77. The van der Waals surface area contributed by atoms with Gasteiger partial charge < -0.3 is 9.73 Å². The molecular formula is C14H16INO. The molecular weight excluding hydrogens is 325 g/mol. The summed E-state index contributed by atoms with van der Waals surface area (Å²) in [7, 11) is 0. The zero-order chi connectivity index (χ0) is 12.1. The van der Waals surface area contributed by atoms with Crippen LogP contribution in [-0.2, 0) is 6.42 Å². The van der Waals surface area contributed by atoms with Crippen LogP contribution in [0.25, 0.3) is 0 Å². The largest absolute Gasteiger partial charge is 0.469 e. The average Bonchev–Trinajstić information content (AvgIpc) is 2.83. The standard InChI is InChI=1S/C14H16INO/c1-11(12-4-6-13(15)7-5-12)16-9-8-14-3-2-10-17-14/h2-7,10-11,16H,8-9H2,1H3. The minimum atomic E-state index is 0.377. The van der Waals surface area contributed by atoms with Crippen molar-refractivity contribution < 1.29 is 4.42 Å². The van der Waals surface area contributed by atoms with Crippen molar-refractivity contribution >= 4 is 22.6 Å². The van der Waals surface area contributed by atoms with Gasteiger partial charge in [0.15, 0.2) is 0 Å². The van der Waals surface area contributed by atoms with Crippen LogP contribution < -0.4 is 5.32 Å². The normalized spacial score (nSPS) is 12.6. The van der Waals surface area contributed by atoms with Crippen molar-refractivity contribution in [3.63, 3.8) is 0 Å². The molecule has 2 aromatic rings. The van der Waals surface area contributed by atoms with Crippen molar-refractivity contribution in [3.05, 3.63) is 57.6 Å². The van der Waals surface area contributed by atoms with Gasteiger partial charge in [0.25, 0.3) is 0 Å². The van der Waals surface area contributed by atoms with Gasteiger partial charge in [0, 0.05) is 22.6 Å².